The SMILES string of the molecule is Cc1ccc(Cl)cc1NC(=O)CN(c1ccc(C(F)(F)F)cc1)S(C)(=O)=O. The molecule has 0 saturated heterocycles. The van der Waals surface area contributed by atoms with Crippen LogP contribution in [0.1, 0.15) is 11.1 Å². The van der Waals surface area contributed by atoms with Crippen molar-refractivity contribution >= 4 is 38.9 Å². The largest absolute Gasteiger partial charge is 0.416 e. The molecule has 10 heteroatoms. The molecule has 0 heterocycles. The maximum absolute atomic E-state index is 12.7. The van der Waals surface area contributed by atoms with E-state index in [1.54, 1.807) is 19.1 Å². The van der Waals surface area contributed by atoms with Gasteiger partial charge in [-0.2, -0.15) is 13.2 Å². The monoisotopic (exact) mass is 420 g/mol. The van der Waals surface area contributed by atoms with Crippen LogP contribution in [0.25, 0.3) is 0 Å². The molecule has 0 aliphatic rings. The zero-order valence-electron chi connectivity index (χ0n) is 14.3. The maximum atomic E-state index is 12.7. The van der Waals surface area contributed by atoms with Gasteiger partial charge in [0.15, 0.2) is 0 Å². The molecule has 0 fully saturated rings. The zero-order valence-corrected chi connectivity index (χ0v) is 15.9. The smallest absolute Gasteiger partial charge is 0.324 e. The Hall–Kier alpha value is -2.26. The number of rotatable bonds is 5. The number of carbonyl (C=O) groups is 1. The van der Waals surface area contributed by atoms with Crippen LogP contribution in [-0.2, 0) is 21.0 Å². The summed E-state index contributed by atoms with van der Waals surface area (Å²) in [7, 11) is -3.91. The normalized spacial score (nSPS) is 11.9. The molecule has 0 spiro atoms. The molecule has 2 aromatic rings. The number of aryl methyl sites for hydroxylation is 1. The molecule has 146 valence electrons. The van der Waals surface area contributed by atoms with Gasteiger partial charge in [-0.05, 0) is 48.9 Å². The van der Waals surface area contributed by atoms with Gasteiger partial charge < -0.3 is 5.32 Å². The van der Waals surface area contributed by atoms with Crippen molar-refractivity contribution < 1.29 is 26.4 Å². The Morgan fingerprint density at radius 1 is 1.15 bits per heavy atom. The van der Waals surface area contributed by atoms with Crippen molar-refractivity contribution in [3.8, 4) is 0 Å². The average molecular weight is 421 g/mol. The number of nitrogens with zero attached hydrogens (tertiary/aromatic N) is 1. The van der Waals surface area contributed by atoms with Gasteiger partial charge in [0.1, 0.15) is 6.54 Å². The van der Waals surface area contributed by atoms with Crippen molar-refractivity contribution in [2.75, 3.05) is 22.4 Å². The molecule has 1 N–H and O–H groups in total. The third-order valence-electron chi connectivity index (χ3n) is 3.64. The van der Waals surface area contributed by atoms with Gasteiger partial charge in [0.05, 0.1) is 17.5 Å². The van der Waals surface area contributed by atoms with Crippen molar-refractivity contribution in [1.82, 2.24) is 0 Å². The first kappa shape index (κ1) is 21.0. The van der Waals surface area contributed by atoms with Crippen LogP contribution in [0.15, 0.2) is 42.5 Å². The number of benzene rings is 2. The number of halogens is 4. The van der Waals surface area contributed by atoms with Gasteiger partial charge in [0.25, 0.3) is 0 Å². The number of anilines is 2. The van der Waals surface area contributed by atoms with Gasteiger partial charge >= 0.3 is 6.18 Å². The van der Waals surface area contributed by atoms with E-state index < -0.39 is 34.2 Å². The van der Waals surface area contributed by atoms with Gasteiger partial charge in [-0.25, -0.2) is 8.42 Å². The summed E-state index contributed by atoms with van der Waals surface area (Å²) < 4.78 is 62.8. The molecule has 0 aliphatic carbocycles. The Morgan fingerprint density at radius 2 is 1.74 bits per heavy atom. The molecule has 0 bridgehead atoms. The summed E-state index contributed by atoms with van der Waals surface area (Å²) in [4.78, 5) is 12.3. The van der Waals surface area contributed by atoms with Crippen LogP contribution in [0.2, 0.25) is 5.02 Å². The highest BCUT2D eigenvalue weighted by Gasteiger charge is 2.30. The lowest BCUT2D eigenvalue weighted by Crippen LogP contribution is -2.37. The summed E-state index contributed by atoms with van der Waals surface area (Å²) in [5, 5.41) is 2.94. The first-order chi connectivity index (χ1) is 12.4. The highest BCUT2D eigenvalue weighted by molar-refractivity contribution is 7.92. The van der Waals surface area contributed by atoms with E-state index in [1.165, 1.54) is 6.07 Å². The molecule has 0 atom stereocenters. The van der Waals surface area contributed by atoms with E-state index in [-0.39, 0.29) is 5.69 Å². The van der Waals surface area contributed by atoms with Crippen molar-refractivity contribution in [3.05, 3.63) is 58.6 Å². The first-order valence-electron chi connectivity index (χ1n) is 7.59. The number of alkyl halides is 3. The molecular weight excluding hydrogens is 405 g/mol. The topological polar surface area (TPSA) is 66.5 Å². The highest BCUT2D eigenvalue weighted by Crippen LogP contribution is 2.31. The fourth-order valence-corrected chi connectivity index (χ4v) is 3.29. The zero-order chi connectivity index (χ0) is 20.4. The predicted octanol–water partition coefficient (Wildman–Crippen LogP) is 4.07. The van der Waals surface area contributed by atoms with Crippen LogP contribution < -0.4 is 9.62 Å². The predicted molar refractivity (Wildman–Crippen MR) is 98.5 cm³/mol. The van der Waals surface area contributed by atoms with Gasteiger partial charge in [-0.15, -0.1) is 0 Å². The Morgan fingerprint density at radius 3 is 2.26 bits per heavy atom. The van der Waals surface area contributed by atoms with E-state index in [0.717, 1.165) is 34.8 Å². The fourth-order valence-electron chi connectivity index (χ4n) is 2.27. The maximum Gasteiger partial charge on any atom is 0.416 e. The number of hydrogen-bond donors (Lipinski definition) is 1. The summed E-state index contributed by atoms with van der Waals surface area (Å²) >= 11 is 5.88. The molecule has 1 amide bonds. The van der Waals surface area contributed by atoms with Crippen molar-refractivity contribution in [2.24, 2.45) is 0 Å². The second kappa shape index (κ2) is 7.77. The molecule has 27 heavy (non-hydrogen) atoms. The lowest BCUT2D eigenvalue weighted by Gasteiger charge is -2.22. The summed E-state index contributed by atoms with van der Waals surface area (Å²) in [6.07, 6.45) is -3.68. The highest BCUT2D eigenvalue weighted by atomic mass is 35.5. The van der Waals surface area contributed by atoms with E-state index in [1.807, 2.05) is 0 Å². The molecule has 0 unspecified atom stereocenters. The summed E-state index contributed by atoms with van der Waals surface area (Å²) in [6.45, 7) is 1.13. The van der Waals surface area contributed by atoms with E-state index in [9.17, 15) is 26.4 Å². The van der Waals surface area contributed by atoms with Crippen LogP contribution >= 0.6 is 11.6 Å². The van der Waals surface area contributed by atoms with Gasteiger partial charge in [-0.3, -0.25) is 9.10 Å². The molecule has 2 aromatic carbocycles. The fraction of sp³-hybridized carbons (Fsp3) is 0.235. The molecule has 0 saturated carbocycles. The third-order valence-corrected chi connectivity index (χ3v) is 5.02. The van der Waals surface area contributed by atoms with E-state index in [4.69, 9.17) is 11.6 Å². The van der Waals surface area contributed by atoms with Gasteiger partial charge in [0, 0.05) is 10.7 Å². The molecule has 0 aromatic heterocycles. The van der Waals surface area contributed by atoms with Crippen molar-refractivity contribution in [2.45, 2.75) is 13.1 Å². The second-order valence-electron chi connectivity index (χ2n) is 5.82. The molecule has 5 nitrogen and oxygen atoms in total. The quantitative estimate of drug-likeness (QED) is 0.792. The first-order valence-corrected chi connectivity index (χ1v) is 9.81. The number of carbonyl (C=O) groups excluding carboxylic acids is 1. The Labute approximate surface area is 159 Å². The summed E-state index contributed by atoms with van der Waals surface area (Å²) in [6, 6.07) is 8.35. The Bertz CT molecular complexity index is 945. The molecule has 0 radical (unpaired) electrons. The lowest BCUT2D eigenvalue weighted by atomic mass is 10.2. The molecule has 2 rings (SSSR count). The van der Waals surface area contributed by atoms with Crippen molar-refractivity contribution in [3.63, 3.8) is 0 Å². The minimum absolute atomic E-state index is 0.0523. The van der Waals surface area contributed by atoms with Crippen LogP contribution in [0.3, 0.4) is 0 Å². The van der Waals surface area contributed by atoms with Crippen molar-refractivity contribution in [1.29, 1.82) is 0 Å². The van der Waals surface area contributed by atoms with Crippen LogP contribution in [0.4, 0.5) is 24.5 Å². The number of sulfonamides is 1. The second-order valence-corrected chi connectivity index (χ2v) is 8.16. The van der Waals surface area contributed by atoms with Crippen LogP contribution in [0, 0.1) is 6.92 Å². The van der Waals surface area contributed by atoms with Crippen LogP contribution in [-0.4, -0.2) is 27.1 Å². The standard InChI is InChI=1S/C17H16ClF3N2O3S/c1-11-3-6-13(18)9-15(11)22-16(24)10-23(27(2,25)26)14-7-4-12(5-8-14)17(19,20)21/h3-9H,10H2,1-2H3,(H,22,24). The number of amides is 1. The number of hydrogen-bond acceptors (Lipinski definition) is 3. The minimum Gasteiger partial charge on any atom is -0.324 e. The van der Waals surface area contributed by atoms with E-state index in [2.05, 4.69) is 5.32 Å². The van der Waals surface area contributed by atoms with Crippen LogP contribution in [0.5, 0.6) is 0 Å². The molecular formula is C17H16ClF3N2O3S. The van der Waals surface area contributed by atoms with E-state index in [0.29, 0.717) is 16.3 Å². The molecule has 0 aliphatic heterocycles. The van der Waals surface area contributed by atoms with E-state index >= 15 is 0 Å². The minimum atomic E-state index is -4.55. The van der Waals surface area contributed by atoms with Gasteiger partial charge in [0.2, 0.25) is 15.9 Å². The van der Waals surface area contributed by atoms with Gasteiger partial charge in [-0.1, -0.05) is 17.7 Å². The Balaban J connectivity index is 2.25. The summed E-state index contributed by atoms with van der Waals surface area (Å²) in [5.74, 6) is -0.661. The average Bonchev–Trinajstić information content (AvgIpc) is 2.54. The Kier molecular flexibility index (Phi) is 6.06. The number of nitrogens with one attached hydrogen (secondary N) is 1. The lowest BCUT2D eigenvalue weighted by molar-refractivity contribution is -0.137. The third kappa shape index (κ3) is 5.61. The summed E-state index contributed by atoms with van der Waals surface area (Å²) in [5.41, 5.74) is 0.156.